The zero-order valence-electron chi connectivity index (χ0n) is 17.3. The highest BCUT2D eigenvalue weighted by Crippen LogP contribution is 2.37. The number of benzene rings is 1. The number of carbonyl (C=O) groups excluding carboxylic acids is 2. The molecular formula is C22H26ClFN4O2S. The number of nitrogens with two attached hydrogens (primary N) is 1. The minimum absolute atomic E-state index is 0.129. The lowest BCUT2D eigenvalue weighted by Gasteiger charge is -2.34. The molecule has 2 amide bonds. The number of nitrogens with one attached hydrogen (secondary N) is 1. The summed E-state index contributed by atoms with van der Waals surface area (Å²) in [6.07, 6.45) is 3.94. The quantitative estimate of drug-likeness (QED) is 0.687. The number of hydrogen-bond acceptors (Lipinski definition) is 5. The molecule has 6 nitrogen and oxygen atoms in total. The highest BCUT2D eigenvalue weighted by molar-refractivity contribution is 7.17. The Labute approximate surface area is 190 Å². The van der Waals surface area contributed by atoms with Gasteiger partial charge in [0.05, 0.1) is 12.1 Å². The maximum Gasteiger partial charge on any atom is 0.251 e. The van der Waals surface area contributed by atoms with Gasteiger partial charge in [-0.15, -0.1) is 11.3 Å². The summed E-state index contributed by atoms with van der Waals surface area (Å²) < 4.78 is 13.2. The van der Waals surface area contributed by atoms with Crippen LogP contribution < -0.4 is 11.1 Å². The van der Waals surface area contributed by atoms with Gasteiger partial charge in [-0.2, -0.15) is 0 Å². The molecule has 9 heteroatoms. The highest BCUT2D eigenvalue weighted by Gasteiger charge is 2.26. The van der Waals surface area contributed by atoms with Crippen molar-refractivity contribution in [3.05, 3.63) is 50.6 Å². The van der Waals surface area contributed by atoms with Crippen LogP contribution in [-0.2, 0) is 24.2 Å². The molecule has 0 unspecified atom stereocenters. The first-order valence-electron chi connectivity index (χ1n) is 10.5. The van der Waals surface area contributed by atoms with Crippen molar-refractivity contribution >= 4 is 39.8 Å². The van der Waals surface area contributed by atoms with E-state index in [1.807, 2.05) is 0 Å². The smallest absolute Gasteiger partial charge is 0.251 e. The van der Waals surface area contributed by atoms with Crippen LogP contribution in [0, 0.1) is 5.82 Å². The monoisotopic (exact) mass is 464 g/mol. The molecule has 166 valence electrons. The van der Waals surface area contributed by atoms with E-state index >= 15 is 0 Å². The molecule has 4 rings (SSSR count). The number of thiophene rings is 1. The largest absolute Gasteiger partial charge is 0.365 e. The van der Waals surface area contributed by atoms with E-state index in [2.05, 4.69) is 15.1 Å². The van der Waals surface area contributed by atoms with Gasteiger partial charge < -0.3 is 11.1 Å². The minimum atomic E-state index is -0.470. The van der Waals surface area contributed by atoms with E-state index in [0.717, 1.165) is 63.0 Å². The first-order chi connectivity index (χ1) is 14.9. The van der Waals surface area contributed by atoms with Crippen molar-refractivity contribution in [1.29, 1.82) is 0 Å². The molecule has 0 radical (unpaired) electrons. The van der Waals surface area contributed by atoms with Crippen molar-refractivity contribution in [3.8, 4) is 0 Å². The first kappa shape index (κ1) is 22.2. The van der Waals surface area contributed by atoms with Crippen molar-refractivity contribution in [2.75, 3.05) is 38.0 Å². The Bertz CT molecular complexity index is 988. The van der Waals surface area contributed by atoms with Crippen LogP contribution in [0.5, 0.6) is 0 Å². The fraction of sp³-hybridized carbons (Fsp3) is 0.455. The topological polar surface area (TPSA) is 78.7 Å². The van der Waals surface area contributed by atoms with Crippen LogP contribution in [-0.4, -0.2) is 54.3 Å². The summed E-state index contributed by atoms with van der Waals surface area (Å²) in [5.74, 6) is -0.936. The summed E-state index contributed by atoms with van der Waals surface area (Å²) in [5.41, 5.74) is 8.02. The van der Waals surface area contributed by atoms with Crippen LogP contribution in [0.25, 0.3) is 0 Å². The Kier molecular flexibility index (Phi) is 6.91. The number of rotatable bonds is 6. The summed E-state index contributed by atoms with van der Waals surface area (Å²) in [4.78, 5) is 30.1. The SMILES string of the molecule is NC(=O)c1c(NC(=O)CN2CCN(Cc3ccc(F)cc3Cl)CC2)sc2c1CCCC2. The molecule has 3 N–H and O–H groups in total. The number of fused-ring (bicyclic) bond motifs is 1. The molecule has 31 heavy (non-hydrogen) atoms. The maximum absolute atomic E-state index is 13.2. The summed E-state index contributed by atoms with van der Waals surface area (Å²) >= 11 is 7.62. The average molecular weight is 465 g/mol. The first-order valence-corrected chi connectivity index (χ1v) is 11.7. The van der Waals surface area contributed by atoms with Crippen LogP contribution >= 0.6 is 22.9 Å². The summed E-state index contributed by atoms with van der Waals surface area (Å²) in [7, 11) is 0. The van der Waals surface area contributed by atoms with Crippen LogP contribution in [0.2, 0.25) is 5.02 Å². The summed E-state index contributed by atoms with van der Waals surface area (Å²) in [6, 6.07) is 4.47. The number of anilines is 1. The molecule has 0 bridgehead atoms. The van der Waals surface area contributed by atoms with E-state index < -0.39 is 5.91 Å². The highest BCUT2D eigenvalue weighted by atomic mass is 35.5. The van der Waals surface area contributed by atoms with Crippen molar-refractivity contribution in [2.45, 2.75) is 32.2 Å². The number of carbonyl (C=O) groups is 2. The van der Waals surface area contributed by atoms with Gasteiger partial charge in [0, 0.05) is 42.6 Å². The molecular weight excluding hydrogens is 439 g/mol. The molecule has 2 heterocycles. The molecule has 0 saturated carbocycles. The van der Waals surface area contributed by atoms with Crippen LogP contribution in [0.4, 0.5) is 9.39 Å². The van der Waals surface area contributed by atoms with Crippen molar-refractivity contribution in [1.82, 2.24) is 9.80 Å². The third-order valence-corrected chi connectivity index (χ3v) is 7.47. The van der Waals surface area contributed by atoms with Gasteiger partial charge in [-0.05, 0) is 48.9 Å². The predicted molar refractivity (Wildman–Crippen MR) is 121 cm³/mol. The number of nitrogens with zero attached hydrogens (tertiary/aromatic N) is 2. The van der Waals surface area contributed by atoms with Gasteiger partial charge in [-0.1, -0.05) is 17.7 Å². The Morgan fingerprint density at radius 1 is 1.13 bits per heavy atom. The van der Waals surface area contributed by atoms with Crippen molar-refractivity contribution < 1.29 is 14.0 Å². The maximum atomic E-state index is 13.2. The van der Waals surface area contributed by atoms with Crippen molar-refractivity contribution in [2.24, 2.45) is 5.73 Å². The number of primary amides is 1. The van der Waals surface area contributed by atoms with E-state index in [4.69, 9.17) is 17.3 Å². The number of piperazine rings is 1. The van der Waals surface area contributed by atoms with Gasteiger partial charge in [-0.25, -0.2) is 4.39 Å². The molecule has 2 aromatic rings. The summed E-state index contributed by atoms with van der Waals surface area (Å²) in [5, 5.41) is 3.96. The fourth-order valence-corrected chi connectivity index (χ4v) is 5.82. The van der Waals surface area contributed by atoms with Gasteiger partial charge >= 0.3 is 0 Å². The van der Waals surface area contributed by atoms with Gasteiger partial charge in [-0.3, -0.25) is 19.4 Å². The lowest BCUT2D eigenvalue weighted by Crippen LogP contribution is -2.48. The molecule has 2 aliphatic rings. The lowest BCUT2D eigenvalue weighted by molar-refractivity contribution is -0.117. The Morgan fingerprint density at radius 3 is 2.55 bits per heavy atom. The molecule has 0 spiro atoms. The zero-order chi connectivity index (χ0) is 22.0. The normalized spacial score (nSPS) is 17.4. The Hall–Kier alpha value is -2.00. The van der Waals surface area contributed by atoms with Crippen LogP contribution in [0.3, 0.4) is 0 Å². The average Bonchev–Trinajstić information content (AvgIpc) is 3.09. The summed E-state index contributed by atoms with van der Waals surface area (Å²) in [6.45, 7) is 4.00. The van der Waals surface area contributed by atoms with Gasteiger partial charge in [0.25, 0.3) is 5.91 Å². The second kappa shape index (κ2) is 9.65. The number of hydrogen-bond donors (Lipinski definition) is 2. The lowest BCUT2D eigenvalue weighted by atomic mass is 9.95. The Balaban J connectivity index is 1.31. The number of aryl methyl sites for hydroxylation is 1. The molecule has 1 aliphatic heterocycles. The second-order valence-corrected chi connectivity index (χ2v) is 9.63. The van der Waals surface area contributed by atoms with Crippen LogP contribution in [0.15, 0.2) is 18.2 Å². The third-order valence-electron chi connectivity index (χ3n) is 5.91. The van der Waals surface area contributed by atoms with E-state index in [1.165, 1.54) is 28.3 Å². The second-order valence-electron chi connectivity index (χ2n) is 8.12. The minimum Gasteiger partial charge on any atom is -0.365 e. The molecule has 1 fully saturated rings. The van der Waals surface area contributed by atoms with Crippen LogP contribution in [0.1, 0.15) is 39.2 Å². The third kappa shape index (κ3) is 5.26. The number of amides is 2. The van der Waals surface area contributed by atoms with Gasteiger partial charge in [0.2, 0.25) is 5.91 Å². The zero-order valence-corrected chi connectivity index (χ0v) is 18.8. The standard InChI is InChI=1S/C22H26ClFN4O2S/c23-17-11-15(24)6-5-14(17)12-27-7-9-28(10-8-27)13-19(29)26-22-20(21(25)30)16-3-1-2-4-18(16)31-22/h5-6,11H,1-4,7-10,12-13H2,(H2,25,30)(H,26,29). The molecule has 0 atom stereocenters. The van der Waals surface area contributed by atoms with E-state index in [-0.39, 0.29) is 18.3 Å². The Morgan fingerprint density at radius 2 is 1.84 bits per heavy atom. The van der Waals surface area contributed by atoms with Gasteiger partial charge in [0.15, 0.2) is 0 Å². The van der Waals surface area contributed by atoms with E-state index in [9.17, 15) is 14.0 Å². The van der Waals surface area contributed by atoms with Gasteiger partial charge in [0.1, 0.15) is 10.8 Å². The fourth-order valence-electron chi connectivity index (χ4n) is 4.28. The van der Waals surface area contributed by atoms with E-state index in [1.54, 1.807) is 6.07 Å². The van der Waals surface area contributed by atoms with E-state index in [0.29, 0.717) is 22.1 Å². The molecule has 1 aromatic heterocycles. The molecule has 1 aliphatic carbocycles. The van der Waals surface area contributed by atoms with Crippen molar-refractivity contribution in [3.63, 3.8) is 0 Å². The molecule has 1 saturated heterocycles. The predicted octanol–water partition coefficient (Wildman–Crippen LogP) is 3.27. The number of halogens is 2. The molecule has 1 aromatic carbocycles.